The largest absolute Gasteiger partial charge is 0.465 e. The molecule has 0 amide bonds. The molecule has 1 fully saturated rings. The Kier molecular flexibility index (Phi) is 2.77. The predicted octanol–water partition coefficient (Wildman–Crippen LogP) is 1.01. The van der Waals surface area contributed by atoms with Crippen LogP contribution >= 0.6 is 11.8 Å². The Morgan fingerprint density at radius 2 is 2.17 bits per heavy atom. The average molecular weight is 188 g/mol. The molecule has 0 bridgehead atoms. The summed E-state index contributed by atoms with van der Waals surface area (Å²) >= 11 is 1.38. The van der Waals surface area contributed by atoms with Crippen molar-refractivity contribution < 1.29 is 14.3 Å². The van der Waals surface area contributed by atoms with Gasteiger partial charge in [-0.15, -0.1) is 11.8 Å². The first-order chi connectivity index (χ1) is 5.63. The molecule has 1 unspecified atom stereocenters. The van der Waals surface area contributed by atoms with E-state index in [-0.39, 0.29) is 11.8 Å². The molecule has 0 aliphatic carbocycles. The van der Waals surface area contributed by atoms with Crippen LogP contribution in [0.4, 0.5) is 0 Å². The van der Waals surface area contributed by atoms with E-state index >= 15 is 0 Å². The third-order valence-corrected chi connectivity index (χ3v) is 3.54. The first-order valence-electron chi connectivity index (χ1n) is 3.95. The van der Waals surface area contributed by atoms with E-state index in [9.17, 15) is 9.59 Å². The van der Waals surface area contributed by atoms with Gasteiger partial charge in [-0.3, -0.25) is 9.59 Å². The van der Waals surface area contributed by atoms with E-state index in [1.54, 1.807) is 6.92 Å². The number of carbonyl (C=O) groups excluding carboxylic acids is 2. The Balaban J connectivity index is 2.67. The first kappa shape index (κ1) is 9.58. The van der Waals surface area contributed by atoms with E-state index in [1.807, 2.05) is 0 Å². The second kappa shape index (κ2) is 3.47. The van der Waals surface area contributed by atoms with Crippen LogP contribution in [-0.2, 0) is 14.3 Å². The van der Waals surface area contributed by atoms with E-state index in [2.05, 4.69) is 0 Å². The van der Waals surface area contributed by atoms with E-state index in [4.69, 9.17) is 4.74 Å². The molecule has 0 spiro atoms. The zero-order valence-corrected chi connectivity index (χ0v) is 8.07. The molecular weight excluding hydrogens is 176 g/mol. The minimum atomic E-state index is -0.851. The Labute approximate surface area is 75.8 Å². The standard InChI is InChI=1S/C8H12O3S/c1-3-11-7(10)8(6(2)9)4-5-12-8/h3-5H2,1-2H3. The number of esters is 1. The molecule has 3 nitrogen and oxygen atoms in total. The Bertz CT molecular complexity index is 208. The highest BCUT2D eigenvalue weighted by Crippen LogP contribution is 2.42. The smallest absolute Gasteiger partial charge is 0.329 e. The molecule has 68 valence electrons. The molecule has 1 atom stereocenters. The van der Waals surface area contributed by atoms with Crippen LogP contribution in [0.2, 0.25) is 0 Å². The van der Waals surface area contributed by atoms with Crippen LogP contribution in [0.5, 0.6) is 0 Å². The Morgan fingerprint density at radius 1 is 1.58 bits per heavy atom. The summed E-state index contributed by atoms with van der Waals surface area (Å²) in [7, 11) is 0. The normalized spacial score (nSPS) is 27.5. The topological polar surface area (TPSA) is 43.4 Å². The van der Waals surface area contributed by atoms with Crippen LogP contribution < -0.4 is 0 Å². The maximum atomic E-state index is 11.3. The van der Waals surface area contributed by atoms with Crippen molar-refractivity contribution in [1.82, 2.24) is 0 Å². The number of ketones is 1. The number of hydrogen-bond donors (Lipinski definition) is 0. The second-order valence-corrected chi connectivity index (χ2v) is 4.10. The fourth-order valence-corrected chi connectivity index (χ4v) is 2.13. The lowest BCUT2D eigenvalue weighted by molar-refractivity contribution is -0.149. The lowest BCUT2D eigenvalue weighted by Crippen LogP contribution is -2.50. The van der Waals surface area contributed by atoms with Gasteiger partial charge in [-0.25, -0.2) is 0 Å². The van der Waals surface area contributed by atoms with Gasteiger partial charge in [0, 0.05) is 0 Å². The molecule has 1 rings (SSSR count). The van der Waals surface area contributed by atoms with Crippen molar-refractivity contribution in [1.29, 1.82) is 0 Å². The zero-order chi connectivity index (χ0) is 9.19. The molecule has 4 heteroatoms. The summed E-state index contributed by atoms with van der Waals surface area (Å²) in [6.07, 6.45) is 0.631. The van der Waals surface area contributed by atoms with Crippen LogP contribution in [0, 0.1) is 0 Å². The highest BCUT2D eigenvalue weighted by Gasteiger charge is 2.50. The van der Waals surface area contributed by atoms with Crippen molar-refractivity contribution in [2.45, 2.75) is 25.0 Å². The summed E-state index contributed by atoms with van der Waals surface area (Å²) in [5.41, 5.74) is 0. The van der Waals surface area contributed by atoms with Crippen LogP contribution in [-0.4, -0.2) is 28.9 Å². The molecule has 0 aromatic heterocycles. The summed E-state index contributed by atoms with van der Waals surface area (Å²) in [4.78, 5) is 22.5. The van der Waals surface area contributed by atoms with Crippen LogP contribution in [0.3, 0.4) is 0 Å². The van der Waals surface area contributed by atoms with Crippen molar-refractivity contribution in [3.63, 3.8) is 0 Å². The van der Waals surface area contributed by atoms with Crippen LogP contribution in [0.25, 0.3) is 0 Å². The maximum Gasteiger partial charge on any atom is 0.329 e. The SMILES string of the molecule is CCOC(=O)C1(C(C)=O)CCS1. The summed E-state index contributed by atoms with van der Waals surface area (Å²) < 4.78 is 3.98. The summed E-state index contributed by atoms with van der Waals surface area (Å²) in [5.74, 6) is 0.421. The lowest BCUT2D eigenvalue weighted by atomic mass is 10.00. The van der Waals surface area contributed by atoms with Crippen molar-refractivity contribution in [3.05, 3.63) is 0 Å². The van der Waals surface area contributed by atoms with Crippen LogP contribution in [0.1, 0.15) is 20.3 Å². The van der Waals surface area contributed by atoms with Gasteiger partial charge in [-0.2, -0.15) is 0 Å². The van der Waals surface area contributed by atoms with Gasteiger partial charge in [0.2, 0.25) is 0 Å². The van der Waals surface area contributed by atoms with Gasteiger partial charge in [-0.05, 0) is 26.0 Å². The van der Waals surface area contributed by atoms with Gasteiger partial charge >= 0.3 is 5.97 Å². The number of thioether (sulfide) groups is 1. The number of hydrogen-bond acceptors (Lipinski definition) is 4. The third kappa shape index (κ3) is 1.35. The molecule has 0 N–H and O–H groups in total. The lowest BCUT2D eigenvalue weighted by Gasteiger charge is -2.35. The summed E-state index contributed by atoms with van der Waals surface area (Å²) in [5, 5.41) is 0. The fourth-order valence-electron chi connectivity index (χ4n) is 1.14. The highest BCUT2D eigenvalue weighted by molar-refractivity contribution is 8.03. The van der Waals surface area contributed by atoms with Gasteiger partial charge in [-0.1, -0.05) is 0 Å². The van der Waals surface area contributed by atoms with Crippen molar-refractivity contribution in [2.24, 2.45) is 0 Å². The molecule has 0 aromatic carbocycles. The average Bonchev–Trinajstić information content (AvgIpc) is 1.83. The van der Waals surface area contributed by atoms with Gasteiger partial charge in [0.25, 0.3) is 0 Å². The molecule has 0 saturated carbocycles. The Morgan fingerprint density at radius 3 is 2.42 bits per heavy atom. The van der Waals surface area contributed by atoms with Gasteiger partial charge in [0.05, 0.1) is 6.61 Å². The number of ether oxygens (including phenoxy) is 1. The van der Waals surface area contributed by atoms with E-state index in [0.29, 0.717) is 13.0 Å². The van der Waals surface area contributed by atoms with Gasteiger partial charge < -0.3 is 4.74 Å². The first-order valence-corrected chi connectivity index (χ1v) is 4.94. The van der Waals surface area contributed by atoms with E-state index < -0.39 is 4.75 Å². The molecule has 1 aliphatic rings. The number of Topliss-reactive ketones (excluding diaryl/α,β-unsaturated/α-hetero) is 1. The minimum absolute atomic E-state index is 0.0859. The van der Waals surface area contributed by atoms with Gasteiger partial charge in [0.1, 0.15) is 0 Å². The molecular formula is C8H12O3S. The monoisotopic (exact) mass is 188 g/mol. The molecule has 1 saturated heterocycles. The molecule has 12 heavy (non-hydrogen) atoms. The van der Waals surface area contributed by atoms with Crippen molar-refractivity contribution in [3.8, 4) is 0 Å². The molecule has 1 heterocycles. The second-order valence-electron chi connectivity index (χ2n) is 2.70. The van der Waals surface area contributed by atoms with Crippen LogP contribution in [0.15, 0.2) is 0 Å². The summed E-state index contributed by atoms with van der Waals surface area (Å²) in [6, 6.07) is 0. The number of carbonyl (C=O) groups is 2. The highest BCUT2D eigenvalue weighted by atomic mass is 32.2. The predicted molar refractivity (Wildman–Crippen MR) is 47.1 cm³/mol. The zero-order valence-electron chi connectivity index (χ0n) is 7.25. The Hall–Kier alpha value is -0.510. The fraction of sp³-hybridized carbons (Fsp3) is 0.750. The number of rotatable bonds is 3. The third-order valence-electron chi connectivity index (χ3n) is 1.98. The maximum absolute atomic E-state index is 11.3. The summed E-state index contributed by atoms with van der Waals surface area (Å²) in [6.45, 7) is 3.53. The van der Waals surface area contributed by atoms with Gasteiger partial charge in [0.15, 0.2) is 10.5 Å². The molecule has 0 aromatic rings. The van der Waals surface area contributed by atoms with Crippen molar-refractivity contribution >= 4 is 23.5 Å². The quantitative estimate of drug-likeness (QED) is 0.490. The molecule has 1 aliphatic heterocycles. The minimum Gasteiger partial charge on any atom is -0.465 e. The molecule has 0 radical (unpaired) electrons. The van der Waals surface area contributed by atoms with E-state index in [0.717, 1.165) is 5.75 Å². The van der Waals surface area contributed by atoms with E-state index in [1.165, 1.54) is 18.7 Å². The van der Waals surface area contributed by atoms with Crippen molar-refractivity contribution in [2.75, 3.05) is 12.4 Å².